The Kier molecular flexibility index (Phi) is 10.9. The topological polar surface area (TPSA) is 54.6 Å². The van der Waals surface area contributed by atoms with Gasteiger partial charge in [0.15, 0.2) is 6.17 Å². The van der Waals surface area contributed by atoms with Crippen LogP contribution >= 0.6 is 11.3 Å². The molecule has 6 aliphatic rings. The van der Waals surface area contributed by atoms with Crippen LogP contribution in [0.2, 0.25) is 0 Å². The lowest BCUT2D eigenvalue weighted by molar-refractivity contribution is 0.542. The van der Waals surface area contributed by atoms with Gasteiger partial charge in [0.25, 0.3) is 0 Å². The van der Waals surface area contributed by atoms with Gasteiger partial charge in [-0.25, -0.2) is 9.98 Å². The highest BCUT2D eigenvalue weighted by molar-refractivity contribution is 7.26. The van der Waals surface area contributed by atoms with Crippen molar-refractivity contribution in [2.24, 2.45) is 27.7 Å². The molecular weight excluding hydrogens is 859 g/mol. The molecule has 4 heterocycles. The molecule has 6 atom stereocenters. The molecule has 7 aromatic rings. The zero-order valence-corrected chi connectivity index (χ0v) is 40.1. The van der Waals surface area contributed by atoms with Gasteiger partial charge in [-0.15, -0.1) is 11.3 Å². The number of pyridine rings is 1. The summed E-state index contributed by atoms with van der Waals surface area (Å²) < 4.78 is 5.19. The lowest BCUT2D eigenvalue weighted by Gasteiger charge is -2.36. The lowest BCUT2D eigenvalue weighted by Crippen LogP contribution is -2.42. The van der Waals surface area contributed by atoms with Crippen molar-refractivity contribution >= 4 is 70.6 Å². The van der Waals surface area contributed by atoms with Crippen LogP contribution in [0.4, 0.5) is 0 Å². The second-order valence-corrected chi connectivity index (χ2v) is 20.9. The summed E-state index contributed by atoms with van der Waals surface area (Å²) in [7, 11) is 0. The van der Waals surface area contributed by atoms with Gasteiger partial charge in [0, 0.05) is 71.5 Å². The molecule has 3 aromatic heterocycles. The largest absolute Gasteiger partial charge is 0.333 e. The molecule has 4 aromatic carbocycles. The quantitative estimate of drug-likeness (QED) is 0.154. The fraction of sp³-hybridized carbons (Fsp3) is 0.254. The van der Waals surface area contributed by atoms with Crippen molar-refractivity contribution in [2.75, 3.05) is 0 Å². The third-order valence-electron chi connectivity index (χ3n) is 15.8. The molecule has 0 amide bonds. The third-order valence-corrected chi connectivity index (χ3v) is 16.9. The Bertz CT molecular complexity index is 3510. The third kappa shape index (κ3) is 7.47. The SMILES string of the molecule is CC1C(c2ccccc2)=CC=C(C2C=CC=CC2)C1c1cnc(-c2cccc3sc4ccc5c(c6ccccc6n5C5C=CCCC5)c4c23)c(C2=NC(C3=CC=CCC3)N=C(C3CC=CCC3)N2)c1. The molecule has 69 heavy (non-hydrogen) atoms. The molecule has 0 saturated heterocycles. The normalized spacial score (nSPS) is 24.6. The molecule has 0 bridgehead atoms. The standard InChI is InChI=1S/C63H57N5S/c1-40-47(41-20-7-2-8-21-41)34-35-48(42-22-9-3-10-23-42)56(40)45-38-51(63-66-61(43-24-11-4-12-25-43)65-62(67-63)44-26-13-5-14-27-44)60(64-39-45)50-31-19-33-54-58(50)59-55(69-54)37-36-53-57(59)49-30-17-18-32-52(49)68(53)46-28-15-6-16-29-46/h2-5,7-11,13,15,17-22,24,28,30-40,42,44,46,56,61H,6,12,14,16,23,25-27,29H2,1H3,(H,65,66,67). The van der Waals surface area contributed by atoms with E-state index in [1.54, 1.807) is 0 Å². The second kappa shape index (κ2) is 17.9. The number of rotatable bonds is 8. The molecule has 0 spiro atoms. The van der Waals surface area contributed by atoms with E-state index in [0.29, 0.717) is 17.9 Å². The van der Waals surface area contributed by atoms with Gasteiger partial charge in [-0.2, -0.15) is 0 Å². The maximum atomic E-state index is 5.76. The molecule has 1 N–H and O–H groups in total. The number of aliphatic imine (C=N–C) groups is 2. The molecule has 1 aliphatic heterocycles. The zero-order valence-electron chi connectivity index (χ0n) is 39.3. The monoisotopic (exact) mass is 915 g/mol. The summed E-state index contributed by atoms with van der Waals surface area (Å²) in [6.45, 7) is 2.42. The first-order valence-corrected chi connectivity index (χ1v) is 26.3. The Morgan fingerprint density at radius 1 is 0.681 bits per heavy atom. The minimum Gasteiger partial charge on any atom is -0.333 e. The van der Waals surface area contributed by atoms with Gasteiger partial charge >= 0.3 is 0 Å². The van der Waals surface area contributed by atoms with Crippen LogP contribution in [0.5, 0.6) is 0 Å². The molecule has 340 valence electrons. The Labute approximate surface area is 409 Å². The van der Waals surface area contributed by atoms with E-state index >= 15 is 0 Å². The number of nitrogens with zero attached hydrogens (tertiary/aromatic N) is 4. The molecule has 6 heteroatoms. The van der Waals surface area contributed by atoms with Crippen LogP contribution in [0.1, 0.15) is 93.4 Å². The molecule has 5 aliphatic carbocycles. The van der Waals surface area contributed by atoms with Gasteiger partial charge in [-0.05, 0) is 116 Å². The smallest absolute Gasteiger partial charge is 0.165 e. The summed E-state index contributed by atoms with van der Waals surface area (Å²) in [6.07, 6.45) is 41.6. The molecule has 6 unspecified atom stereocenters. The molecule has 0 saturated carbocycles. The van der Waals surface area contributed by atoms with Crippen molar-refractivity contribution in [1.82, 2.24) is 14.9 Å². The van der Waals surface area contributed by atoms with Crippen LogP contribution in [0.3, 0.4) is 0 Å². The highest BCUT2D eigenvalue weighted by Crippen LogP contribution is 2.50. The fourth-order valence-corrected chi connectivity index (χ4v) is 13.6. The van der Waals surface area contributed by atoms with Crippen LogP contribution in [0.25, 0.3) is 58.8 Å². The van der Waals surface area contributed by atoms with Crippen molar-refractivity contribution < 1.29 is 0 Å². The van der Waals surface area contributed by atoms with E-state index in [1.165, 1.54) is 76.2 Å². The maximum Gasteiger partial charge on any atom is 0.165 e. The van der Waals surface area contributed by atoms with E-state index in [0.717, 1.165) is 79.9 Å². The molecule has 13 rings (SSSR count). The highest BCUT2D eigenvalue weighted by atomic mass is 32.1. The fourth-order valence-electron chi connectivity index (χ4n) is 12.4. The van der Waals surface area contributed by atoms with Crippen molar-refractivity contribution in [3.05, 3.63) is 204 Å². The van der Waals surface area contributed by atoms with Gasteiger partial charge in [0.05, 0.1) is 17.3 Å². The first-order chi connectivity index (χ1) is 34.2. The number of aromatic nitrogens is 2. The number of fused-ring (bicyclic) bond motifs is 7. The molecule has 5 nitrogen and oxygen atoms in total. The average Bonchev–Trinajstić information content (AvgIpc) is 3.98. The second-order valence-electron chi connectivity index (χ2n) is 19.8. The van der Waals surface area contributed by atoms with Crippen molar-refractivity contribution in [3.8, 4) is 11.3 Å². The summed E-state index contributed by atoms with van der Waals surface area (Å²) in [6, 6.07) is 34.5. The van der Waals surface area contributed by atoms with Gasteiger partial charge in [0.2, 0.25) is 0 Å². The Hall–Kier alpha value is -6.89. The number of allylic oxidation sites excluding steroid dienone is 15. The van der Waals surface area contributed by atoms with Crippen molar-refractivity contribution in [1.29, 1.82) is 0 Å². The maximum absolute atomic E-state index is 5.76. The summed E-state index contributed by atoms with van der Waals surface area (Å²) in [5.74, 6) is 2.83. The number of hydrogen-bond acceptors (Lipinski definition) is 5. The predicted octanol–water partition coefficient (Wildman–Crippen LogP) is 16.1. The summed E-state index contributed by atoms with van der Waals surface area (Å²) in [5, 5.41) is 9.21. The minimum absolute atomic E-state index is 0.104. The predicted molar refractivity (Wildman–Crippen MR) is 292 cm³/mol. The average molecular weight is 916 g/mol. The lowest BCUT2D eigenvalue weighted by atomic mass is 9.68. The summed E-state index contributed by atoms with van der Waals surface area (Å²) >= 11 is 1.90. The number of hydrogen-bond donors (Lipinski definition) is 1. The first-order valence-electron chi connectivity index (χ1n) is 25.4. The van der Waals surface area contributed by atoms with Crippen molar-refractivity contribution in [2.45, 2.75) is 82.8 Å². The van der Waals surface area contributed by atoms with Gasteiger partial charge in [-0.3, -0.25) is 4.98 Å². The van der Waals surface area contributed by atoms with Gasteiger partial charge in [0.1, 0.15) is 11.7 Å². The van der Waals surface area contributed by atoms with Crippen LogP contribution in [0, 0.1) is 17.8 Å². The van der Waals surface area contributed by atoms with Gasteiger partial charge < -0.3 is 9.88 Å². The van der Waals surface area contributed by atoms with E-state index in [-0.39, 0.29) is 18.0 Å². The Morgan fingerprint density at radius 3 is 2.43 bits per heavy atom. The van der Waals surface area contributed by atoms with E-state index in [1.807, 2.05) is 11.3 Å². The van der Waals surface area contributed by atoms with E-state index < -0.39 is 0 Å². The van der Waals surface area contributed by atoms with Crippen LogP contribution in [0.15, 0.2) is 197 Å². The van der Waals surface area contributed by atoms with E-state index in [2.05, 4.69) is 193 Å². The number of benzene rings is 4. The molecule has 0 radical (unpaired) electrons. The Balaban J connectivity index is 1.05. The van der Waals surface area contributed by atoms with Gasteiger partial charge in [-0.1, -0.05) is 152 Å². The number of thiophene rings is 1. The van der Waals surface area contributed by atoms with E-state index in [9.17, 15) is 0 Å². The summed E-state index contributed by atoms with van der Waals surface area (Å²) in [5.41, 5.74) is 12.3. The highest BCUT2D eigenvalue weighted by Gasteiger charge is 2.35. The molecule has 0 fully saturated rings. The van der Waals surface area contributed by atoms with Crippen LogP contribution in [-0.2, 0) is 0 Å². The van der Waals surface area contributed by atoms with Crippen LogP contribution < -0.4 is 5.32 Å². The zero-order chi connectivity index (χ0) is 45.8. The minimum atomic E-state index is -0.295. The summed E-state index contributed by atoms with van der Waals surface area (Å²) in [4.78, 5) is 16.9. The number of para-hydroxylation sites is 1. The first kappa shape index (κ1) is 42.2. The van der Waals surface area contributed by atoms with Crippen molar-refractivity contribution in [3.63, 3.8) is 0 Å². The number of amidine groups is 2. The Morgan fingerprint density at radius 2 is 1.59 bits per heavy atom. The van der Waals surface area contributed by atoms with E-state index in [4.69, 9.17) is 15.0 Å². The van der Waals surface area contributed by atoms with Crippen LogP contribution in [-0.4, -0.2) is 27.4 Å². The number of nitrogens with one attached hydrogen (secondary N) is 1. The molecular formula is C63H57N5S.